The molecular weight excluding hydrogens is 212 g/mol. The predicted molar refractivity (Wildman–Crippen MR) is 53.0 cm³/mol. The van der Waals surface area contributed by atoms with Crippen molar-refractivity contribution < 1.29 is 25.2 Å². The summed E-state index contributed by atoms with van der Waals surface area (Å²) in [5.41, 5.74) is 3.94. The van der Waals surface area contributed by atoms with Crippen LogP contribution >= 0.6 is 0 Å². The minimum Gasteiger partial charge on any atom is -0.481 e. The molecule has 0 atom stereocenters. The van der Waals surface area contributed by atoms with Crippen LogP contribution in [-0.2, 0) is 4.79 Å². The monoisotopic (exact) mass is 227 g/mol. The Kier molecular flexibility index (Phi) is 25.1. The summed E-state index contributed by atoms with van der Waals surface area (Å²) in [6.45, 7) is -0.125. The molecule has 0 aromatic rings. The summed E-state index contributed by atoms with van der Waals surface area (Å²) in [6.07, 6.45) is 0. The van der Waals surface area contributed by atoms with Gasteiger partial charge in [-0.05, 0) is 0 Å². The second-order valence-electron chi connectivity index (χ2n) is 2.36. The third kappa shape index (κ3) is 19.0. The van der Waals surface area contributed by atoms with Crippen molar-refractivity contribution in [2.24, 2.45) is 5.73 Å². The number of rotatable bonds is 3. The molecule has 0 aliphatic heterocycles. The molecule has 8 heteroatoms. The molecule has 0 aliphatic rings. The summed E-state index contributed by atoms with van der Waals surface area (Å²) < 4.78 is 0. The molecule has 0 unspecified atom stereocenters. The van der Waals surface area contributed by atoms with Gasteiger partial charge in [0, 0.05) is 66.0 Å². The van der Waals surface area contributed by atoms with Crippen molar-refractivity contribution >= 4 is 65.1 Å². The third-order valence-electron chi connectivity index (χ3n) is 0.945. The number of carbonyl (C=O) groups is 1. The number of aliphatic hydroxyl groups is 3. The molecule has 6 N–H and O–H groups in total. The fraction of sp³-hybridized carbons (Fsp3) is 0.833. The van der Waals surface area contributed by atoms with Crippen LogP contribution in [0.5, 0.6) is 0 Å². The SMILES string of the molecule is CC(=O)O.NC(CO)(CO)CO.[Na].[Na]. The van der Waals surface area contributed by atoms with E-state index in [2.05, 4.69) is 0 Å². The van der Waals surface area contributed by atoms with E-state index >= 15 is 0 Å². The van der Waals surface area contributed by atoms with Crippen LogP contribution in [0.4, 0.5) is 0 Å². The number of hydrogen-bond acceptors (Lipinski definition) is 5. The second kappa shape index (κ2) is 14.3. The summed E-state index contributed by atoms with van der Waals surface area (Å²) in [5, 5.41) is 32.4. The van der Waals surface area contributed by atoms with E-state index in [1.54, 1.807) is 0 Å². The van der Waals surface area contributed by atoms with Crippen LogP contribution in [0.2, 0.25) is 0 Å². The standard InChI is InChI=1S/C4H11NO3.C2H4O2.2Na/c5-4(1-6,2-7)3-8;1-2(3)4;;/h6-8H,1-3,5H2;1H3,(H,3,4);;. The van der Waals surface area contributed by atoms with Crippen LogP contribution in [0, 0.1) is 0 Å². The Morgan fingerprint density at radius 3 is 1.29 bits per heavy atom. The Bertz CT molecular complexity index is 119. The van der Waals surface area contributed by atoms with Gasteiger partial charge in [-0.25, -0.2) is 0 Å². The minimum absolute atomic E-state index is 0. The molecule has 76 valence electrons. The van der Waals surface area contributed by atoms with Gasteiger partial charge in [-0.2, -0.15) is 0 Å². The molecule has 0 amide bonds. The molecule has 2 radical (unpaired) electrons. The molecule has 0 saturated carbocycles. The normalized spacial score (nSPS) is 8.64. The molecule has 0 spiro atoms. The molecule has 0 aromatic carbocycles. The topological polar surface area (TPSA) is 124 Å². The third-order valence-corrected chi connectivity index (χ3v) is 0.945. The van der Waals surface area contributed by atoms with Crippen molar-refractivity contribution in [3.8, 4) is 0 Å². The summed E-state index contributed by atoms with van der Waals surface area (Å²) in [6, 6.07) is 0. The van der Waals surface area contributed by atoms with Crippen molar-refractivity contribution in [3.63, 3.8) is 0 Å². The number of hydrogen-bond donors (Lipinski definition) is 5. The Labute approximate surface area is 127 Å². The van der Waals surface area contributed by atoms with Crippen LogP contribution in [0.1, 0.15) is 6.92 Å². The second-order valence-corrected chi connectivity index (χ2v) is 2.36. The van der Waals surface area contributed by atoms with Crippen LogP contribution < -0.4 is 5.73 Å². The van der Waals surface area contributed by atoms with Gasteiger partial charge in [-0.3, -0.25) is 4.79 Å². The Balaban J connectivity index is -0.0000000733. The van der Waals surface area contributed by atoms with Crippen LogP contribution in [-0.4, -0.2) is 111 Å². The predicted octanol–water partition coefficient (Wildman–Crippen LogP) is -3.01. The largest absolute Gasteiger partial charge is 0.481 e. The maximum Gasteiger partial charge on any atom is 0.300 e. The van der Waals surface area contributed by atoms with Gasteiger partial charge < -0.3 is 26.2 Å². The maximum atomic E-state index is 9.00. The first kappa shape index (κ1) is 24.5. The van der Waals surface area contributed by atoms with Gasteiger partial charge in [-0.15, -0.1) is 0 Å². The van der Waals surface area contributed by atoms with E-state index in [9.17, 15) is 0 Å². The van der Waals surface area contributed by atoms with Crippen molar-refractivity contribution in [1.82, 2.24) is 0 Å². The van der Waals surface area contributed by atoms with Gasteiger partial charge in [0.05, 0.1) is 25.4 Å². The van der Waals surface area contributed by atoms with Crippen molar-refractivity contribution in [2.75, 3.05) is 19.8 Å². The first-order chi connectivity index (χ1) is 5.41. The molecule has 0 rings (SSSR count). The zero-order valence-electron chi connectivity index (χ0n) is 8.90. The Morgan fingerprint density at radius 2 is 1.29 bits per heavy atom. The number of aliphatic hydroxyl groups excluding tert-OH is 3. The number of nitrogens with two attached hydrogens (primary N) is 1. The molecule has 0 bridgehead atoms. The average molecular weight is 227 g/mol. The Morgan fingerprint density at radius 1 is 1.14 bits per heavy atom. The van der Waals surface area contributed by atoms with Gasteiger partial charge >= 0.3 is 0 Å². The average Bonchev–Trinajstić information content (AvgIpc) is 2.02. The number of carboxylic acids is 1. The van der Waals surface area contributed by atoms with Gasteiger partial charge in [0.1, 0.15) is 0 Å². The van der Waals surface area contributed by atoms with Gasteiger partial charge in [0.2, 0.25) is 0 Å². The van der Waals surface area contributed by atoms with E-state index in [0.29, 0.717) is 0 Å². The van der Waals surface area contributed by atoms with Crippen molar-refractivity contribution in [1.29, 1.82) is 0 Å². The van der Waals surface area contributed by atoms with E-state index in [1.807, 2.05) is 0 Å². The molecular formula is C6H15NNa2O5. The van der Waals surface area contributed by atoms with Crippen LogP contribution in [0.3, 0.4) is 0 Å². The molecule has 14 heavy (non-hydrogen) atoms. The molecule has 0 heterocycles. The van der Waals surface area contributed by atoms with Gasteiger partial charge in [0.15, 0.2) is 0 Å². The smallest absolute Gasteiger partial charge is 0.300 e. The minimum atomic E-state index is -1.21. The maximum absolute atomic E-state index is 9.00. The number of carboxylic acid groups (broad SMARTS) is 1. The fourth-order valence-corrected chi connectivity index (χ4v) is 0.150. The van der Waals surface area contributed by atoms with Crippen LogP contribution in [0.25, 0.3) is 0 Å². The van der Waals surface area contributed by atoms with E-state index in [-0.39, 0.29) is 59.1 Å². The summed E-state index contributed by atoms with van der Waals surface area (Å²) in [4.78, 5) is 9.00. The zero-order chi connectivity index (χ0) is 10.2. The van der Waals surface area contributed by atoms with E-state index in [4.69, 9.17) is 31.0 Å². The zero-order valence-corrected chi connectivity index (χ0v) is 12.9. The van der Waals surface area contributed by atoms with E-state index in [0.717, 1.165) is 6.92 Å². The van der Waals surface area contributed by atoms with Crippen molar-refractivity contribution in [3.05, 3.63) is 0 Å². The number of aliphatic carboxylic acids is 1. The van der Waals surface area contributed by atoms with Gasteiger partial charge in [-0.1, -0.05) is 0 Å². The fourth-order valence-electron chi connectivity index (χ4n) is 0.150. The molecule has 6 nitrogen and oxygen atoms in total. The molecule has 0 fully saturated rings. The summed E-state index contributed by atoms with van der Waals surface area (Å²) in [7, 11) is 0. The first-order valence-corrected chi connectivity index (χ1v) is 3.23. The van der Waals surface area contributed by atoms with E-state index < -0.39 is 31.3 Å². The molecule has 0 aliphatic carbocycles. The first-order valence-electron chi connectivity index (χ1n) is 3.23. The molecule has 0 saturated heterocycles. The summed E-state index contributed by atoms with van der Waals surface area (Å²) in [5.74, 6) is -0.833. The quantitative estimate of drug-likeness (QED) is 0.327. The van der Waals surface area contributed by atoms with Crippen molar-refractivity contribution in [2.45, 2.75) is 12.5 Å². The molecule has 0 aromatic heterocycles. The Hall–Kier alpha value is 1.31. The van der Waals surface area contributed by atoms with Crippen LogP contribution in [0.15, 0.2) is 0 Å². The summed E-state index contributed by atoms with van der Waals surface area (Å²) >= 11 is 0. The van der Waals surface area contributed by atoms with E-state index in [1.165, 1.54) is 0 Å². The van der Waals surface area contributed by atoms with Gasteiger partial charge in [0.25, 0.3) is 5.97 Å².